The minimum atomic E-state index is -0.767. The number of hydrogen-bond acceptors (Lipinski definition) is 0. The van der Waals surface area contributed by atoms with Crippen LogP contribution in [0.2, 0.25) is 3.72 Å². The summed E-state index contributed by atoms with van der Waals surface area (Å²) in [6, 6.07) is 44.3. The van der Waals surface area contributed by atoms with Crippen LogP contribution in [0.4, 0.5) is 0 Å². The molecule has 6 rings (SSSR count). The Bertz CT molecular complexity index is 1930. The van der Waals surface area contributed by atoms with Gasteiger partial charge in [0.15, 0.2) is 0 Å². The molecule has 0 fully saturated rings. The number of rotatable bonds is 11. The molecule has 0 N–H and O–H groups in total. The fourth-order valence-electron chi connectivity index (χ4n) is 8.25. The summed E-state index contributed by atoms with van der Waals surface area (Å²) in [5, 5.41) is 1.57. The molecule has 0 aromatic heterocycles. The van der Waals surface area contributed by atoms with E-state index in [1.807, 2.05) is 0 Å². The molecule has 1 aliphatic rings. The van der Waals surface area contributed by atoms with Crippen molar-refractivity contribution < 1.29 is 57.7 Å². The topological polar surface area (TPSA) is 0 Å². The number of allylic oxidation sites excluding steroid dienone is 4. The van der Waals surface area contributed by atoms with Gasteiger partial charge in [0.2, 0.25) is 0 Å². The molecule has 0 spiro atoms. The molecule has 268 valence electrons. The van der Waals surface area contributed by atoms with Crippen molar-refractivity contribution in [3.05, 3.63) is 188 Å². The van der Waals surface area contributed by atoms with Crippen molar-refractivity contribution in [2.75, 3.05) is 0 Å². The van der Waals surface area contributed by atoms with E-state index in [9.17, 15) is 0 Å². The van der Waals surface area contributed by atoms with Crippen molar-refractivity contribution in [2.24, 2.45) is 0 Å². The van der Waals surface area contributed by atoms with Gasteiger partial charge in [-0.05, 0) is 0 Å². The van der Waals surface area contributed by atoms with Gasteiger partial charge in [0.25, 0.3) is 0 Å². The van der Waals surface area contributed by atoms with Crippen LogP contribution in [0.25, 0.3) is 5.57 Å². The third-order valence-corrected chi connectivity index (χ3v) is 15.4. The molecule has 0 saturated heterocycles. The van der Waals surface area contributed by atoms with E-state index in [2.05, 4.69) is 184 Å². The maximum absolute atomic E-state index is 2.60. The molecule has 0 saturated carbocycles. The first-order chi connectivity index (χ1) is 23.6. The van der Waals surface area contributed by atoms with Crippen molar-refractivity contribution >= 4 is 20.3 Å². The summed E-state index contributed by atoms with van der Waals surface area (Å²) < 4.78 is -0.120. The van der Waals surface area contributed by atoms with E-state index in [1.165, 1.54) is 72.4 Å². The molecule has 5 aromatic rings. The van der Waals surface area contributed by atoms with Gasteiger partial charge in [-0.1, -0.05) is 0 Å². The van der Waals surface area contributed by atoms with Crippen LogP contribution in [0.3, 0.4) is 0 Å². The van der Waals surface area contributed by atoms with Crippen molar-refractivity contribution in [1.82, 2.24) is 0 Å². The standard InChI is InChI=1S/C47H51Si.3ClH.Ti/c1-8-36-23-37(9-2)28-43(27-36)47(48-44-21-31(3)20-32(4)22-44)46-35(7)33(5)34(6)45(46)42-29-40(24-38-16-12-10-13-17-38)26-41(30-42)25-39-18-14-11-15-19-39;;;;/h10-23,26-30,47H,8-9,24-25,48H2,1-7H3;3*1H;/q;;;;+3/p-3. The third-order valence-electron chi connectivity index (χ3n) is 10.9. The molecule has 0 bridgehead atoms. The van der Waals surface area contributed by atoms with Crippen molar-refractivity contribution in [1.29, 1.82) is 0 Å². The molecule has 2 atom stereocenters. The fourth-order valence-corrected chi connectivity index (χ4v) is 12.4. The first kappa shape index (κ1) is 43.8. The predicted molar refractivity (Wildman–Crippen MR) is 211 cm³/mol. The van der Waals surface area contributed by atoms with Crippen LogP contribution in [0.1, 0.15) is 95.8 Å². The van der Waals surface area contributed by atoms with Crippen molar-refractivity contribution in [3.8, 4) is 0 Å². The van der Waals surface area contributed by atoms with Gasteiger partial charge in [-0.2, -0.15) is 0 Å². The van der Waals surface area contributed by atoms with E-state index in [0.717, 1.165) is 25.7 Å². The maximum Gasteiger partial charge on any atom is -1.00 e. The fraction of sp³-hybridized carbons (Fsp3) is 0.277. The number of hydrogen-bond donors (Lipinski definition) is 0. The average Bonchev–Trinajstić information content (AvgIpc) is 3.26. The summed E-state index contributed by atoms with van der Waals surface area (Å²) in [6.07, 6.45) is 4.00. The molecule has 0 aliphatic heterocycles. The van der Waals surface area contributed by atoms with Crippen molar-refractivity contribution in [3.63, 3.8) is 0 Å². The van der Waals surface area contributed by atoms with Gasteiger partial charge >= 0.3 is 312 Å². The van der Waals surface area contributed by atoms with Gasteiger partial charge < -0.3 is 37.2 Å². The molecule has 2 unspecified atom stereocenters. The number of halogens is 3. The predicted octanol–water partition coefficient (Wildman–Crippen LogP) is 1.69. The molecule has 0 nitrogen and oxygen atoms in total. The number of aryl methyl sites for hydroxylation is 4. The second kappa shape index (κ2) is 19.1. The Morgan fingerprint density at radius 3 is 1.46 bits per heavy atom. The van der Waals surface area contributed by atoms with Crippen LogP contribution in [-0.4, -0.2) is 9.52 Å². The van der Waals surface area contributed by atoms with Crippen LogP contribution in [0.15, 0.2) is 132 Å². The summed E-state index contributed by atoms with van der Waals surface area (Å²) in [5.74, 6) is 0. The summed E-state index contributed by atoms with van der Waals surface area (Å²) >= 11 is 2.60. The van der Waals surface area contributed by atoms with Gasteiger partial charge in [0.05, 0.1) is 0 Å². The van der Waals surface area contributed by atoms with E-state index in [0.29, 0.717) is 5.54 Å². The summed E-state index contributed by atoms with van der Waals surface area (Å²) in [5.41, 5.74) is 20.6. The average molecular weight is 798 g/mol. The Hall–Kier alpha value is -2.62. The van der Waals surface area contributed by atoms with Crippen LogP contribution in [0, 0.1) is 13.8 Å². The van der Waals surface area contributed by atoms with E-state index in [-0.39, 0.29) is 40.9 Å². The Morgan fingerprint density at radius 2 is 1.00 bits per heavy atom. The van der Waals surface area contributed by atoms with Crippen LogP contribution < -0.4 is 42.4 Å². The molecule has 1 aliphatic carbocycles. The summed E-state index contributed by atoms with van der Waals surface area (Å²) in [6.45, 7) is 16.4. The normalized spacial score (nSPS) is 16.1. The largest absolute Gasteiger partial charge is 1.00 e. The minimum absolute atomic E-state index is 0. The molecular weight excluding hydrogens is 747 g/mol. The SMILES string of the molecule is CCc1cc(CC)cc(C([SiH2]c2cc(C)cc(C)c2)[C]2([Ti+3])C(C)=C(C)C(C)=C2c2cc(Cc3ccccc3)cc(Cc3ccccc3)c2)c1.[Cl-].[Cl-].[Cl-]. The van der Waals surface area contributed by atoms with Gasteiger partial charge in [0.1, 0.15) is 0 Å². The Morgan fingerprint density at radius 1 is 0.538 bits per heavy atom. The van der Waals surface area contributed by atoms with E-state index in [4.69, 9.17) is 0 Å². The van der Waals surface area contributed by atoms with Gasteiger partial charge in [-0.25, -0.2) is 0 Å². The molecule has 0 amide bonds. The van der Waals surface area contributed by atoms with E-state index in [1.54, 1.807) is 10.8 Å². The summed E-state index contributed by atoms with van der Waals surface area (Å²) in [7, 11) is -0.767. The Kier molecular flexibility index (Phi) is 16.1. The second-order valence-electron chi connectivity index (χ2n) is 14.5. The zero-order chi connectivity index (χ0) is 34.7. The molecule has 52 heavy (non-hydrogen) atoms. The Balaban J connectivity index is 0.00000243. The van der Waals surface area contributed by atoms with Crippen LogP contribution >= 0.6 is 0 Å². The van der Waals surface area contributed by atoms with Crippen LogP contribution in [-0.2, 0) is 46.1 Å². The molecule has 5 aromatic carbocycles. The monoisotopic (exact) mass is 796 g/mol. The zero-order valence-electron chi connectivity index (χ0n) is 31.7. The van der Waals surface area contributed by atoms with Crippen molar-refractivity contribution in [2.45, 2.75) is 83.4 Å². The number of benzene rings is 5. The first-order valence-corrected chi connectivity index (χ1v) is 20.4. The quantitative estimate of drug-likeness (QED) is 0.179. The third kappa shape index (κ3) is 9.54. The smallest absolute Gasteiger partial charge is 1.00 e. The molecular formula is C47H51Cl3SiTi. The van der Waals surface area contributed by atoms with Gasteiger partial charge in [-0.15, -0.1) is 0 Å². The second-order valence-corrected chi connectivity index (χ2v) is 17.7. The summed E-state index contributed by atoms with van der Waals surface area (Å²) in [4.78, 5) is 0. The minimum Gasteiger partial charge on any atom is -1.00 e. The Labute approximate surface area is 346 Å². The van der Waals surface area contributed by atoms with Gasteiger partial charge in [0, 0.05) is 0 Å². The molecule has 0 radical (unpaired) electrons. The van der Waals surface area contributed by atoms with E-state index < -0.39 is 9.52 Å². The maximum atomic E-state index is 2.60. The molecule has 0 heterocycles. The van der Waals surface area contributed by atoms with Crippen LogP contribution in [0.5, 0.6) is 0 Å². The first-order valence-electron chi connectivity index (χ1n) is 18.1. The van der Waals surface area contributed by atoms with E-state index >= 15 is 0 Å². The zero-order valence-corrected chi connectivity index (χ0v) is 37.0. The van der Waals surface area contributed by atoms with Gasteiger partial charge in [-0.3, -0.25) is 0 Å². The molecule has 5 heteroatoms.